The summed E-state index contributed by atoms with van der Waals surface area (Å²) in [7, 11) is -3.91. The Morgan fingerprint density at radius 2 is 1.82 bits per heavy atom. The summed E-state index contributed by atoms with van der Waals surface area (Å²) in [5.74, 6) is 1.39. The highest BCUT2D eigenvalue weighted by atomic mass is 32.2. The first-order chi connectivity index (χ1) is 15.8. The Balaban J connectivity index is 1.36. The molecule has 0 atom stereocenters. The van der Waals surface area contributed by atoms with Gasteiger partial charge in [0.25, 0.3) is 15.9 Å². The van der Waals surface area contributed by atoms with Crippen LogP contribution < -0.4 is 24.2 Å². The number of ether oxygens (including phenoxy) is 3. The molecule has 0 saturated heterocycles. The molecule has 4 rings (SSSR count). The van der Waals surface area contributed by atoms with Crippen LogP contribution in [0.5, 0.6) is 17.2 Å². The zero-order chi connectivity index (χ0) is 23.4. The predicted octanol–water partition coefficient (Wildman–Crippen LogP) is 3.64. The van der Waals surface area contributed by atoms with E-state index < -0.39 is 10.0 Å². The lowest BCUT2D eigenvalue weighted by Gasteiger charge is -2.12. The van der Waals surface area contributed by atoms with Gasteiger partial charge in [-0.05, 0) is 55.8 Å². The lowest BCUT2D eigenvalue weighted by atomic mass is 10.1. The Morgan fingerprint density at radius 1 is 1.00 bits per heavy atom. The summed E-state index contributed by atoms with van der Waals surface area (Å²) >= 11 is 0. The van der Waals surface area contributed by atoms with E-state index in [9.17, 15) is 13.2 Å². The van der Waals surface area contributed by atoms with E-state index in [1.165, 1.54) is 18.2 Å². The molecule has 2 N–H and O–H groups in total. The number of carbonyl (C=O) groups excluding carboxylic acids is 1. The van der Waals surface area contributed by atoms with Gasteiger partial charge < -0.3 is 19.5 Å². The molecule has 172 valence electrons. The topological polar surface area (TPSA) is 103 Å². The van der Waals surface area contributed by atoms with E-state index in [-0.39, 0.29) is 29.7 Å². The summed E-state index contributed by atoms with van der Waals surface area (Å²) in [6, 6.07) is 16.5. The molecule has 0 fully saturated rings. The summed E-state index contributed by atoms with van der Waals surface area (Å²) in [5.41, 5.74) is 2.73. The number of rotatable bonds is 8. The molecule has 0 saturated carbocycles. The normalized spacial score (nSPS) is 12.3. The molecule has 0 radical (unpaired) electrons. The maximum absolute atomic E-state index is 12.8. The van der Waals surface area contributed by atoms with Crippen molar-refractivity contribution in [3.8, 4) is 17.2 Å². The summed E-state index contributed by atoms with van der Waals surface area (Å²) < 4.78 is 44.3. The van der Waals surface area contributed by atoms with Crippen LogP contribution in [0.15, 0.2) is 65.6 Å². The first-order valence-electron chi connectivity index (χ1n) is 10.3. The number of amides is 1. The Hall–Kier alpha value is -3.72. The van der Waals surface area contributed by atoms with Crippen LogP contribution in [-0.4, -0.2) is 34.3 Å². The second-order valence-corrected chi connectivity index (χ2v) is 9.26. The monoisotopic (exact) mass is 468 g/mol. The first-order valence-corrected chi connectivity index (χ1v) is 11.8. The minimum atomic E-state index is -3.91. The van der Waals surface area contributed by atoms with Crippen molar-refractivity contribution in [1.82, 2.24) is 5.32 Å². The second-order valence-electron chi connectivity index (χ2n) is 7.57. The minimum Gasteiger partial charge on any atom is -0.491 e. The van der Waals surface area contributed by atoms with E-state index in [1.807, 2.05) is 32.0 Å². The van der Waals surface area contributed by atoms with Gasteiger partial charge in [-0.15, -0.1) is 0 Å². The van der Waals surface area contributed by atoms with Gasteiger partial charge in [-0.1, -0.05) is 23.8 Å². The number of carbonyl (C=O) groups is 1. The van der Waals surface area contributed by atoms with E-state index >= 15 is 0 Å². The van der Waals surface area contributed by atoms with Crippen LogP contribution in [0.1, 0.15) is 21.5 Å². The summed E-state index contributed by atoms with van der Waals surface area (Å²) in [4.78, 5) is 12.5. The standard InChI is InChI=1S/C24H24N2O6S/c1-16-6-8-21(17(2)12-16)30-11-10-25-24(27)18-4-3-5-20(13-18)33(28,29)26-19-7-9-22-23(14-19)32-15-31-22/h3-9,12-14,26H,10-11,15H2,1-2H3,(H,25,27). The highest BCUT2D eigenvalue weighted by Crippen LogP contribution is 2.34. The SMILES string of the molecule is Cc1ccc(OCCNC(=O)c2cccc(S(=O)(=O)Nc3ccc4c(c3)OCO4)c2)c(C)c1. The Labute approximate surface area is 192 Å². The Bertz CT molecular complexity index is 1290. The van der Waals surface area contributed by atoms with Crippen LogP contribution in [0.4, 0.5) is 5.69 Å². The van der Waals surface area contributed by atoms with Crippen molar-refractivity contribution in [3.63, 3.8) is 0 Å². The summed E-state index contributed by atoms with van der Waals surface area (Å²) in [5, 5.41) is 2.75. The van der Waals surface area contributed by atoms with Gasteiger partial charge in [0.05, 0.1) is 17.1 Å². The molecule has 1 aliphatic heterocycles. The molecule has 0 bridgehead atoms. The molecule has 3 aromatic rings. The van der Waals surface area contributed by atoms with Crippen molar-refractivity contribution in [2.24, 2.45) is 0 Å². The fraction of sp³-hybridized carbons (Fsp3) is 0.208. The quantitative estimate of drug-likeness (QED) is 0.490. The highest BCUT2D eigenvalue weighted by molar-refractivity contribution is 7.92. The van der Waals surface area contributed by atoms with Crippen molar-refractivity contribution < 1.29 is 27.4 Å². The molecule has 33 heavy (non-hydrogen) atoms. The number of hydrogen-bond acceptors (Lipinski definition) is 6. The van der Waals surface area contributed by atoms with Crippen LogP contribution in [0.2, 0.25) is 0 Å². The van der Waals surface area contributed by atoms with E-state index in [0.717, 1.165) is 16.9 Å². The molecule has 1 aliphatic rings. The number of aryl methyl sites for hydroxylation is 2. The fourth-order valence-corrected chi connectivity index (χ4v) is 4.46. The zero-order valence-electron chi connectivity index (χ0n) is 18.3. The van der Waals surface area contributed by atoms with E-state index in [2.05, 4.69) is 10.0 Å². The molecule has 0 aromatic heterocycles. The third kappa shape index (κ3) is 5.38. The maximum Gasteiger partial charge on any atom is 0.261 e. The molecule has 0 spiro atoms. The lowest BCUT2D eigenvalue weighted by molar-refractivity contribution is 0.0946. The molecule has 0 unspecified atom stereocenters. The largest absolute Gasteiger partial charge is 0.491 e. The number of sulfonamides is 1. The predicted molar refractivity (Wildman–Crippen MR) is 124 cm³/mol. The lowest BCUT2D eigenvalue weighted by Crippen LogP contribution is -2.28. The highest BCUT2D eigenvalue weighted by Gasteiger charge is 2.19. The van der Waals surface area contributed by atoms with Crippen LogP contribution in [0.3, 0.4) is 0 Å². The molecule has 3 aromatic carbocycles. The summed E-state index contributed by atoms with van der Waals surface area (Å²) in [6.45, 7) is 4.64. The van der Waals surface area contributed by atoms with Crippen molar-refractivity contribution in [1.29, 1.82) is 0 Å². The zero-order valence-corrected chi connectivity index (χ0v) is 19.1. The summed E-state index contributed by atoms with van der Waals surface area (Å²) in [6.07, 6.45) is 0. The van der Waals surface area contributed by atoms with Crippen LogP contribution in [0, 0.1) is 13.8 Å². The van der Waals surface area contributed by atoms with Crippen molar-refractivity contribution in [2.45, 2.75) is 18.7 Å². The average molecular weight is 469 g/mol. The van der Waals surface area contributed by atoms with Gasteiger partial charge in [-0.25, -0.2) is 8.42 Å². The Morgan fingerprint density at radius 3 is 2.64 bits per heavy atom. The van der Waals surface area contributed by atoms with E-state index in [1.54, 1.807) is 24.3 Å². The number of benzene rings is 3. The second kappa shape index (κ2) is 9.41. The Kier molecular flexibility index (Phi) is 6.41. The van der Waals surface area contributed by atoms with Gasteiger partial charge in [0.2, 0.25) is 6.79 Å². The first kappa shape index (κ1) is 22.5. The number of fused-ring (bicyclic) bond motifs is 1. The molecule has 1 heterocycles. The van der Waals surface area contributed by atoms with Crippen molar-refractivity contribution in [3.05, 3.63) is 77.4 Å². The third-order valence-electron chi connectivity index (χ3n) is 5.01. The van der Waals surface area contributed by atoms with Crippen molar-refractivity contribution in [2.75, 3.05) is 24.7 Å². The molecular weight excluding hydrogens is 444 g/mol. The van der Waals surface area contributed by atoms with Gasteiger partial charge in [0.15, 0.2) is 11.5 Å². The average Bonchev–Trinajstić information content (AvgIpc) is 3.25. The maximum atomic E-state index is 12.8. The van der Waals surface area contributed by atoms with Crippen LogP contribution in [-0.2, 0) is 10.0 Å². The fourth-order valence-electron chi connectivity index (χ4n) is 3.37. The van der Waals surface area contributed by atoms with Crippen molar-refractivity contribution >= 4 is 21.6 Å². The molecule has 1 amide bonds. The minimum absolute atomic E-state index is 0.0284. The van der Waals surface area contributed by atoms with Crippen LogP contribution >= 0.6 is 0 Å². The van der Waals surface area contributed by atoms with Crippen LogP contribution in [0.25, 0.3) is 0 Å². The third-order valence-corrected chi connectivity index (χ3v) is 6.39. The van der Waals surface area contributed by atoms with Gasteiger partial charge in [0.1, 0.15) is 12.4 Å². The van der Waals surface area contributed by atoms with Gasteiger partial charge in [-0.2, -0.15) is 0 Å². The van der Waals surface area contributed by atoms with Gasteiger partial charge in [-0.3, -0.25) is 9.52 Å². The molecule has 9 heteroatoms. The molecule has 0 aliphatic carbocycles. The number of hydrogen-bond donors (Lipinski definition) is 2. The molecular formula is C24H24N2O6S. The number of anilines is 1. The molecule has 8 nitrogen and oxygen atoms in total. The van der Waals surface area contributed by atoms with E-state index in [0.29, 0.717) is 23.8 Å². The van der Waals surface area contributed by atoms with E-state index in [4.69, 9.17) is 14.2 Å². The number of nitrogens with one attached hydrogen (secondary N) is 2. The smallest absolute Gasteiger partial charge is 0.261 e. The van der Waals surface area contributed by atoms with Gasteiger partial charge >= 0.3 is 0 Å². The van der Waals surface area contributed by atoms with Gasteiger partial charge in [0, 0.05) is 11.6 Å².